The molecule has 8 rings (SSSR count). The second kappa shape index (κ2) is 9.72. The molecule has 0 bridgehead atoms. The van der Waals surface area contributed by atoms with E-state index in [1.54, 1.807) is 0 Å². The maximum atomic E-state index is 14.1. The Morgan fingerprint density at radius 3 is 1.80 bits per heavy atom. The van der Waals surface area contributed by atoms with Gasteiger partial charge >= 0.3 is 7.12 Å². The summed E-state index contributed by atoms with van der Waals surface area (Å²) < 4.78 is 26.9. The SMILES string of the molecule is CC1(C)OB(c2cccc(-c3cccc4c3nc(-c3ccc(F)cc3)c3c5ccccc5c5ccccc5c43)c2)OC1(C)C. The van der Waals surface area contributed by atoms with Gasteiger partial charge in [-0.1, -0.05) is 91.0 Å². The van der Waals surface area contributed by atoms with Crippen molar-refractivity contribution in [2.75, 3.05) is 0 Å². The molecule has 1 aliphatic heterocycles. The number of aromatic nitrogens is 1. The summed E-state index contributed by atoms with van der Waals surface area (Å²) in [6, 6.07) is 38.5. The molecule has 5 heteroatoms. The molecule has 44 heavy (non-hydrogen) atoms. The van der Waals surface area contributed by atoms with Gasteiger partial charge in [0.1, 0.15) is 5.82 Å². The highest BCUT2D eigenvalue weighted by Crippen LogP contribution is 2.44. The van der Waals surface area contributed by atoms with E-state index in [0.717, 1.165) is 54.9 Å². The maximum Gasteiger partial charge on any atom is 0.494 e. The minimum absolute atomic E-state index is 0.269. The Kier molecular flexibility index (Phi) is 5.96. The fraction of sp³-hybridized carbons (Fsp3) is 0.154. The molecule has 0 atom stereocenters. The van der Waals surface area contributed by atoms with Crippen molar-refractivity contribution in [2.45, 2.75) is 38.9 Å². The first-order valence-corrected chi connectivity index (χ1v) is 15.1. The number of rotatable bonds is 3. The number of hydrogen-bond acceptors (Lipinski definition) is 3. The standard InChI is InChI=1S/C39H31BFNO2/c1-38(2)39(3,4)44-40(43-38)26-12-9-11-25(23-26)28-17-10-18-33-34-31-15-7-5-13-29(31)30-14-6-8-16-32(30)35(34)36(42-37(28)33)24-19-21-27(41)22-20-24/h5-23H,1-4H3. The van der Waals surface area contributed by atoms with Crippen molar-refractivity contribution in [3.63, 3.8) is 0 Å². The average molecular weight is 575 g/mol. The van der Waals surface area contributed by atoms with Crippen LogP contribution >= 0.6 is 0 Å². The van der Waals surface area contributed by atoms with Crippen LogP contribution in [0.15, 0.2) is 115 Å². The van der Waals surface area contributed by atoms with Gasteiger partial charge in [0.15, 0.2) is 0 Å². The topological polar surface area (TPSA) is 31.4 Å². The largest absolute Gasteiger partial charge is 0.494 e. The van der Waals surface area contributed by atoms with Gasteiger partial charge in [-0.25, -0.2) is 9.37 Å². The van der Waals surface area contributed by atoms with E-state index in [-0.39, 0.29) is 5.82 Å². The fourth-order valence-corrected chi connectivity index (χ4v) is 6.58. The molecule has 0 N–H and O–H groups in total. The lowest BCUT2D eigenvalue weighted by atomic mass is 9.78. The minimum Gasteiger partial charge on any atom is -0.399 e. The Morgan fingerprint density at radius 1 is 0.568 bits per heavy atom. The van der Waals surface area contributed by atoms with Crippen molar-refractivity contribution >= 4 is 55.8 Å². The minimum atomic E-state index is -0.464. The Balaban J connectivity index is 1.45. The van der Waals surface area contributed by atoms with E-state index in [1.165, 1.54) is 28.3 Å². The van der Waals surface area contributed by atoms with Crippen LogP contribution in [0.2, 0.25) is 0 Å². The zero-order valence-electron chi connectivity index (χ0n) is 25.2. The lowest BCUT2D eigenvalue weighted by Gasteiger charge is -2.32. The molecule has 3 nitrogen and oxygen atoms in total. The smallest absolute Gasteiger partial charge is 0.399 e. The third-order valence-electron chi connectivity index (χ3n) is 9.54. The van der Waals surface area contributed by atoms with Crippen LogP contribution in [0.4, 0.5) is 4.39 Å². The zero-order valence-corrected chi connectivity index (χ0v) is 25.2. The lowest BCUT2D eigenvalue weighted by molar-refractivity contribution is 0.00578. The summed E-state index contributed by atoms with van der Waals surface area (Å²) in [6.07, 6.45) is 0. The normalized spacial score (nSPS) is 16.0. The first kappa shape index (κ1) is 27.0. The van der Waals surface area contributed by atoms with E-state index in [4.69, 9.17) is 14.3 Å². The van der Waals surface area contributed by atoms with Crippen LogP contribution in [0.1, 0.15) is 27.7 Å². The molecule has 0 saturated carbocycles. The van der Waals surface area contributed by atoms with E-state index >= 15 is 0 Å². The summed E-state index contributed by atoms with van der Waals surface area (Å²) in [5, 5.41) is 7.95. The molecule has 214 valence electrons. The Bertz CT molecular complexity index is 2240. The van der Waals surface area contributed by atoms with E-state index in [9.17, 15) is 4.39 Å². The molecule has 0 unspecified atom stereocenters. The molecule has 0 amide bonds. The summed E-state index contributed by atoms with van der Waals surface area (Å²) >= 11 is 0. The van der Waals surface area contributed by atoms with Crippen molar-refractivity contribution in [1.29, 1.82) is 0 Å². The predicted molar refractivity (Wildman–Crippen MR) is 181 cm³/mol. The molecule has 1 aliphatic rings. The van der Waals surface area contributed by atoms with Gasteiger partial charge in [0.2, 0.25) is 0 Å². The monoisotopic (exact) mass is 575 g/mol. The first-order chi connectivity index (χ1) is 21.2. The number of halogens is 1. The van der Waals surface area contributed by atoms with Gasteiger partial charge in [0, 0.05) is 27.3 Å². The van der Waals surface area contributed by atoms with Gasteiger partial charge in [-0.15, -0.1) is 0 Å². The first-order valence-electron chi connectivity index (χ1n) is 15.1. The summed E-state index contributed by atoms with van der Waals surface area (Å²) in [5.74, 6) is -0.269. The second-order valence-electron chi connectivity index (χ2n) is 12.7. The van der Waals surface area contributed by atoms with Crippen molar-refractivity contribution < 1.29 is 13.7 Å². The number of para-hydroxylation sites is 1. The van der Waals surface area contributed by atoms with Crippen molar-refractivity contribution in [1.82, 2.24) is 4.98 Å². The molecule has 0 aliphatic carbocycles. The van der Waals surface area contributed by atoms with Crippen LogP contribution in [0.25, 0.3) is 65.6 Å². The summed E-state index contributed by atoms with van der Waals surface area (Å²) in [5.41, 5.74) is 4.76. The molecular formula is C39H31BFNO2. The van der Waals surface area contributed by atoms with Gasteiger partial charge in [0.05, 0.1) is 22.4 Å². The molecule has 1 saturated heterocycles. The van der Waals surface area contributed by atoms with Crippen LogP contribution in [0, 0.1) is 5.82 Å². The molecule has 0 spiro atoms. The van der Waals surface area contributed by atoms with Crippen LogP contribution in [-0.4, -0.2) is 23.3 Å². The number of hydrogen-bond donors (Lipinski definition) is 0. The third kappa shape index (κ3) is 4.07. The molecule has 6 aromatic carbocycles. The second-order valence-corrected chi connectivity index (χ2v) is 12.7. The quantitative estimate of drug-likeness (QED) is 0.155. The van der Waals surface area contributed by atoms with Crippen LogP contribution < -0.4 is 5.46 Å². The Labute approximate surface area is 256 Å². The zero-order chi connectivity index (χ0) is 30.2. The van der Waals surface area contributed by atoms with Crippen LogP contribution in [-0.2, 0) is 9.31 Å². The van der Waals surface area contributed by atoms with Gasteiger partial charge in [0.25, 0.3) is 0 Å². The highest BCUT2D eigenvalue weighted by molar-refractivity contribution is 6.62. The summed E-state index contributed by atoms with van der Waals surface area (Å²) in [7, 11) is -0.464. The molecule has 1 fully saturated rings. The maximum absolute atomic E-state index is 14.1. The molecular weight excluding hydrogens is 544 g/mol. The third-order valence-corrected chi connectivity index (χ3v) is 9.54. The number of fused-ring (bicyclic) bond motifs is 8. The van der Waals surface area contributed by atoms with Crippen molar-refractivity contribution in [3.05, 3.63) is 121 Å². The lowest BCUT2D eigenvalue weighted by Crippen LogP contribution is -2.41. The molecule has 0 radical (unpaired) electrons. The van der Waals surface area contributed by atoms with Crippen LogP contribution in [0.3, 0.4) is 0 Å². The predicted octanol–water partition coefficient (Wildman–Crippen LogP) is 9.47. The summed E-state index contributed by atoms with van der Waals surface area (Å²) in [4.78, 5) is 5.42. The summed E-state index contributed by atoms with van der Waals surface area (Å²) in [6.45, 7) is 8.28. The molecule has 2 heterocycles. The highest BCUT2D eigenvalue weighted by Gasteiger charge is 2.51. The van der Waals surface area contributed by atoms with Crippen LogP contribution in [0.5, 0.6) is 0 Å². The van der Waals surface area contributed by atoms with Gasteiger partial charge in [-0.2, -0.15) is 0 Å². The van der Waals surface area contributed by atoms with Crippen molar-refractivity contribution in [3.8, 4) is 22.4 Å². The van der Waals surface area contributed by atoms with Gasteiger partial charge in [-0.05, 0) is 84.5 Å². The van der Waals surface area contributed by atoms with E-state index in [2.05, 4.69) is 119 Å². The van der Waals surface area contributed by atoms with E-state index < -0.39 is 18.3 Å². The van der Waals surface area contributed by atoms with E-state index in [0.29, 0.717) is 0 Å². The van der Waals surface area contributed by atoms with Crippen molar-refractivity contribution in [2.24, 2.45) is 0 Å². The number of nitrogens with zero attached hydrogens (tertiary/aromatic N) is 1. The Hall–Kier alpha value is -4.58. The number of pyridine rings is 1. The highest BCUT2D eigenvalue weighted by atomic mass is 19.1. The number of benzene rings is 6. The van der Waals surface area contributed by atoms with Gasteiger partial charge in [-0.3, -0.25) is 0 Å². The Morgan fingerprint density at radius 2 is 1.14 bits per heavy atom. The molecule has 7 aromatic rings. The fourth-order valence-electron chi connectivity index (χ4n) is 6.58. The van der Waals surface area contributed by atoms with Gasteiger partial charge < -0.3 is 9.31 Å². The molecule has 1 aromatic heterocycles. The average Bonchev–Trinajstić information content (AvgIpc) is 3.26. The van der Waals surface area contributed by atoms with E-state index in [1.807, 2.05) is 12.1 Å².